The topological polar surface area (TPSA) is 80.8 Å². The quantitative estimate of drug-likeness (QED) is 0.757. The summed E-state index contributed by atoms with van der Waals surface area (Å²) in [5.41, 5.74) is 1.98. The summed E-state index contributed by atoms with van der Waals surface area (Å²) in [7, 11) is -1.77. The smallest absolute Gasteiger partial charge is 0.338 e. The fraction of sp³-hybridized carbons (Fsp3) is 0.500. The van der Waals surface area contributed by atoms with Gasteiger partial charge in [0.2, 0.25) is 5.91 Å². The molecule has 2 heterocycles. The second kappa shape index (κ2) is 5.96. The highest BCUT2D eigenvalue weighted by molar-refractivity contribution is 7.91. The molecule has 3 rings (SSSR count). The summed E-state index contributed by atoms with van der Waals surface area (Å²) in [5, 5.41) is 0. The highest BCUT2D eigenvalue weighted by Crippen LogP contribution is 2.33. The minimum absolute atomic E-state index is 0.0750. The van der Waals surface area contributed by atoms with Crippen molar-refractivity contribution in [3.05, 3.63) is 29.3 Å². The molecule has 0 saturated carbocycles. The first-order valence-corrected chi connectivity index (χ1v) is 9.47. The molecule has 0 N–H and O–H groups in total. The van der Waals surface area contributed by atoms with Crippen molar-refractivity contribution in [1.82, 2.24) is 0 Å². The Morgan fingerprint density at radius 2 is 2.09 bits per heavy atom. The number of sulfone groups is 1. The maximum atomic E-state index is 12.7. The Morgan fingerprint density at radius 1 is 1.30 bits per heavy atom. The number of amides is 1. The third-order valence-corrected chi connectivity index (χ3v) is 6.27. The molecule has 1 amide bonds. The second-order valence-electron chi connectivity index (χ2n) is 5.99. The maximum absolute atomic E-state index is 12.7. The van der Waals surface area contributed by atoms with Gasteiger partial charge in [-0.15, -0.1) is 0 Å². The van der Waals surface area contributed by atoms with Crippen LogP contribution in [0.4, 0.5) is 5.69 Å². The SMILES string of the molecule is COC(=O)c1cccc2c1CCCN2C(=O)[C@H]1CCS(=O)(=O)C1. The van der Waals surface area contributed by atoms with Gasteiger partial charge in [-0.1, -0.05) is 6.07 Å². The summed E-state index contributed by atoms with van der Waals surface area (Å²) in [6, 6.07) is 5.23. The van der Waals surface area contributed by atoms with Gasteiger partial charge >= 0.3 is 5.97 Å². The van der Waals surface area contributed by atoms with E-state index < -0.39 is 21.7 Å². The number of ether oxygens (including phenoxy) is 1. The summed E-state index contributed by atoms with van der Waals surface area (Å²) < 4.78 is 28.1. The molecule has 1 saturated heterocycles. The zero-order valence-corrected chi connectivity index (χ0v) is 13.8. The summed E-state index contributed by atoms with van der Waals surface area (Å²) in [5.74, 6) is -1.05. The fourth-order valence-corrected chi connectivity index (χ4v) is 5.10. The van der Waals surface area contributed by atoms with Crippen LogP contribution >= 0.6 is 0 Å². The van der Waals surface area contributed by atoms with Crippen LogP contribution in [0.2, 0.25) is 0 Å². The first kappa shape index (κ1) is 16.0. The molecule has 0 spiro atoms. The lowest BCUT2D eigenvalue weighted by atomic mass is 9.95. The monoisotopic (exact) mass is 337 g/mol. The molecule has 124 valence electrons. The predicted molar refractivity (Wildman–Crippen MR) is 85.2 cm³/mol. The lowest BCUT2D eigenvalue weighted by Gasteiger charge is -2.32. The summed E-state index contributed by atoms with van der Waals surface area (Å²) in [6.45, 7) is 0.549. The molecule has 1 fully saturated rings. The van der Waals surface area contributed by atoms with Crippen molar-refractivity contribution >= 4 is 27.4 Å². The van der Waals surface area contributed by atoms with Crippen LogP contribution in [0, 0.1) is 5.92 Å². The van der Waals surface area contributed by atoms with Crippen LogP contribution in [0.25, 0.3) is 0 Å². The van der Waals surface area contributed by atoms with E-state index in [1.165, 1.54) is 7.11 Å². The van der Waals surface area contributed by atoms with E-state index in [1.54, 1.807) is 17.0 Å². The molecule has 23 heavy (non-hydrogen) atoms. The number of esters is 1. The average molecular weight is 337 g/mol. The zero-order valence-electron chi connectivity index (χ0n) is 12.9. The van der Waals surface area contributed by atoms with Gasteiger partial charge in [-0.3, -0.25) is 4.79 Å². The van der Waals surface area contributed by atoms with Gasteiger partial charge in [-0.2, -0.15) is 0 Å². The Kier molecular flexibility index (Phi) is 4.14. The first-order chi connectivity index (χ1) is 10.9. The van der Waals surface area contributed by atoms with E-state index in [1.807, 2.05) is 6.07 Å². The standard InChI is InChI=1S/C16H19NO5S/c1-22-16(19)13-4-2-6-14-12(13)5-3-8-17(14)15(18)11-7-9-23(20,21)10-11/h2,4,6,11H,3,5,7-10H2,1H3/t11-/m0/s1. The number of anilines is 1. The van der Waals surface area contributed by atoms with E-state index in [4.69, 9.17) is 4.74 Å². The van der Waals surface area contributed by atoms with Crippen molar-refractivity contribution in [3.8, 4) is 0 Å². The summed E-state index contributed by atoms with van der Waals surface area (Å²) >= 11 is 0. The maximum Gasteiger partial charge on any atom is 0.338 e. The van der Waals surface area contributed by atoms with E-state index in [0.717, 1.165) is 12.0 Å². The fourth-order valence-electron chi connectivity index (χ4n) is 3.36. The van der Waals surface area contributed by atoms with E-state index >= 15 is 0 Å². The molecule has 0 aliphatic carbocycles. The van der Waals surface area contributed by atoms with Gasteiger partial charge in [0.1, 0.15) is 0 Å². The van der Waals surface area contributed by atoms with Gasteiger partial charge in [0.15, 0.2) is 9.84 Å². The molecule has 2 aliphatic heterocycles. The predicted octanol–water partition coefficient (Wildman–Crippen LogP) is 1.19. The van der Waals surface area contributed by atoms with E-state index in [0.29, 0.717) is 30.6 Å². The number of hydrogen-bond donors (Lipinski definition) is 0. The third kappa shape index (κ3) is 2.97. The van der Waals surface area contributed by atoms with Crippen molar-refractivity contribution in [2.75, 3.05) is 30.1 Å². The number of benzene rings is 1. The van der Waals surface area contributed by atoms with Gasteiger partial charge in [0, 0.05) is 12.2 Å². The van der Waals surface area contributed by atoms with Crippen molar-refractivity contribution in [2.24, 2.45) is 5.92 Å². The van der Waals surface area contributed by atoms with Crippen molar-refractivity contribution < 1.29 is 22.7 Å². The highest BCUT2D eigenvalue weighted by atomic mass is 32.2. The molecule has 2 aliphatic rings. The number of fused-ring (bicyclic) bond motifs is 1. The van der Waals surface area contributed by atoms with E-state index in [9.17, 15) is 18.0 Å². The molecule has 1 atom stereocenters. The molecule has 0 aromatic heterocycles. The minimum Gasteiger partial charge on any atom is -0.465 e. The number of rotatable bonds is 2. The van der Waals surface area contributed by atoms with Crippen molar-refractivity contribution in [1.29, 1.82) is 0 Å². The highest BCUT2D eigenvalue weighted by Gasteiger charge is 2.37. The van der Waals surface area contributed by atoms with Gasteiger partial charge in [-0.05, 0) is 37.0 Å². The van der Waals surface area contributed by atoms with Crippen LogP contribution in [0.15, 0.2) is 18.2 Å². The van der Waals surface area contributed by atoms with Crippen LogP contribution < -0.4 is 4.90 Å². The number of methoxy groups -OCH3 is 1. The van der Waals surface area contributed by atoms with Crippen LogP contribution in [0.1, 0.15) is 28.8 Å². The van der Waals surface area contributed by atoms with Crippen LogP contribution in [-0.4, -0.2) is 45.5 Å². The van der Waals surface area contributed by atoms with Gasteiger partial charge in [0.05, 0.1) is 30.1 Å². The molecule has 0 unspecified atom stereocenters. The normalized spacial score (nSPS) is 22.5. The largest absolute Gasteiger partial charge is 0.465 e. The number of hydrogen-bond acceptors (Lipinski definition) is 5. The Balaban J connectivity index is 1.93. The molecule has 7 heteroatoms. The van der Waals surface area contributed by atoms with Crippen LogP contribution in [0.5, 0.6) is 0 Å². The molecule has 0 radical (unpaired) electrons. The zero-order chi connectivity index (χ0) is 16.6. The van der Waals surface area contributed by atoms with Gasteiger partial charge in [0.25, 0.3) is 0 Å². The molecular formula is C16H19NO5S. The minimum atomic E-state index is -3.10. The average Bonchev–Trinajstić information content (AvgIpc) is 2.92. The summed E-state index contributed by atoms with van der Waals surface area (Å²) in [4.78, 5) is 26.3. The number of carbonyl (C=O) groups excluding carboxylic acids is 2. The lowest BCUT2D eigenvalue weighted by Crippen LogP contribution is -2.40. The number of carbonyl (C=O) groups is 2. The van der Waals surface area contributed by atoms with Gasteiger partial charge in [-0.25, -0.2) is 13.2 Å². The van der Waals surface area contributed by atoms with Crippen LogP contribution in [0.3, 0.4) is 0 Å². The lowest BCUT2D eigenvalue weighted by molar-refractivity contribution is -0.121. The van der Waals surface area contributed by atoms with E-state index in [-0.39, 0.29) is 17.4 Å². The van der Waals surface area contributed by atoms with Gasteiger partial charge < -0.3 is 9.64 Å². The molecule has 1 aromatic carbocycles. The summed E-state index contributed by atoms with van der Waals surface area (Å²) in [6.07, 6.45) is 1.82. The van der Waals surface area contributed by atoms with Crippen molar-refractivity contribution in [3.63, 3.8) is 0 Å². The first-order valence-electron chi connectivity index (χ1n) is 7.65. The Hall–Kier alpha value is -1.89. The molecule has 0 bridgehead atoms. The second-order valence-corrected chi connectivity index (χ2v) is 8.22. The Morgan fingerprint density at radius 3 is 2.74 bits per heavy atom. The Labute approximate surface area is 135 Å². The Bertz CT molecular complexity index is 756. The van der Waals surface area contributed by atoms with Crippen molar-refractivity contribution in [2.45, 2.75) is 19.3 Å². The number of nitrogens with zero attached hydrogens (tertiary/aromatic N) is 1. The molecule has 6 nitrogen and oxygen atoms in total. The molecular weight excluding hydrogens is 318 g/mol. The van der Waals surface area contributed by atoms with Crippen LogP contribution in [-0.2, 0) is 25.8 Å². The molecule has 1 aromatic rings. The third-order valence-electron chi connectivity index (χ3n) is 4.50. The van der Waals surface area contributed by atoms with E-state index in [2.05, 4.69) is 0 Å².